The van der Waals surface area contributed by atoms with Crippen molar-refractivity contribution in [2.75, 3.05) is 43.5 Å². The van der Waals surface area contributed by atoms with E-state index in [1.165, 1.54) is 5.69 Å². The highest BCUT2D eigenvalue weighted by Crippen LogP contribution is 2.27. The molecule has 1 N–H and O–H groups in total. The van der Waals surface area contributed by atoms with E-state index in [2.05, 4.69) is 22.3 Å². The molecule has 0 spiro atoms. The van der Waals surface area contributed by atoms with Crippen LogP contribution in [0.3, 0.4) is 0 Å². The van der Waals surface area contributed by atoms with Gasteiger partial charge in [-0.15, -0.1) is 0 Å². The number of nitrogens with one attached hydrogen (secondary N) is 1. The number of methoxy groups -OCH3 is 1. The van der Waals surface area contributed by atoms with Gasteiger partial charge in [-0.2, -0.15) is 0 Å². The van der Waals surface area contributed by atoms with Crippen molar-refractivity contribution in [3.63, 3.8) is 0 Å². The standard InChI is InChI=1S/C20H24ClN3O2/c1-15(22-16-8-9-19(26-2)18(21)14-16)20(25)24-12-10-23(11-13-24)17-6-4-3-5-7-17/h3-9,14-15,22H,10-13H2,1-2H3. The molecule has 1 amide bonds. The van der Waals surface area contributed by atoms with Crippen LogP contribution < -0.4 is 15.0 Å². The minimum Gasteiger partial charge on any atom is -0.495 e. The van der Waals surface area contributed by atoms with Gasteiger partial charge in [-0.1, -0.05) is 29.8 Å². The summed E-state index contributed by atoms with van der Waals surface area (Å²) in [7, 11) is 1.58. The number of anilines is 2. The van der Waals surface area contributed by atoms with Gasteiger partial charge in [-0.05, 0) is 37.3 Å². The van der Waals surface area contributed by atoms with Crippen LogP contribution in [0, 0.1) is 0 Å². The van der Waals surface area contributed by atoms with Gasteiger partial charge in [0.1, 0.15) is 11.8 Å². The monoisotopic (exact) mass is 373 g/mol. The van der Waals surface area contributed by atoms with Crippen molar-refractivity contribution in [2.45, 2.75) is 13.0 Å². The summed E-state index contributed by atoms with van der Waals surface area (Å²) < 4.78 is 5.15. The molecular formula is C20H24ClN3O2. The van der Waals surface area contributed by atoms with E-state index in [4.69, 9.17) is 16.3 Å². The van der Waals surface area contributed by atoms with Gasteiger partial charge >= 0.3 is 0 Å². The van der Waals surface area contributed by atoms with E-state index in [1.54, 1.807) is 19.2 Å². The molecule has 1 saturated heterocycles. The van der Waals surface area contributed by atoms with Crippen LogP contribution in [0.1, 0.15) is 6.92 Å². The lowest BCUT2D eigenvalue weighted by Gasteiger charge is -2.37. The maximum atomic E-state index is 12.7. The lowest BCUT2D eigenvalue weighted by molar-refractivity contribution is -0.131. The van der Waals surface area contributed by atoms with Crippen LogP contribution in [0.5, 0.6) is 5.75 Å². The first-order valence-corrected chi connectivity index (χ1v) is 9.15. The predicted molar refractivity (Wildman–Crippen MR) is 106 cm³/mol. The van der Waals surface area contributed by atoms with Gasteiger partial charge in [-0.25, -0.2) is 0 Å². The number of nitrogens with zero attached hydrogens (tertiary/aromatic N) is 2. The number of hydrogen-bond donors (Lipinski definition) is 1. The molecular weight excluding hydrogens is 350 g/mol. The second-order valence-corrected chi connectivity index (χ2v) is 6.77. The van der Waals surface area contributed by atoms with E-state index in [0.29, 0.717) is 10.8 Å². The Labute approximate surface area is 159 Å². The number of amides is 1. The van der Waals surface area contributed by atoms with Crippen LogP contribution in [0.15, 0.2) is 48.5 Å². The summed E-state index contributed by atoms with van der Waals surface area (Å²) in [5.41, 5.74) is 2.01. The van der Waals surface area contributed by atoms with Crippen molar-refractivity contribution in [3.05, 3.63) is 53.6 Å². The molecule has 3 rings (SSSR count). The highest BCUT2D eigenvalue weighted by molar-refractivity contribution is 6.32. The third kappa shape index (κ3) is 4.22. The molecule has 138 valence electrons. The third-order valence-corrected chi connectivity index (χ3v) is 4.91. The van der Waals surface area contributed by atoms with E-state index < -0.39 is 0 Å². The van der Waals surface area contributed by atoms with Gasteiger partial charge in [-0.3, -0.25) is 4.79 Å². The molecule has 2 aromatic rings. The van der Waals surface area contributed by atoms with E-state index in [0.717, 1.165) is 31.9 Å². The van der Waals surface area contributed by atoms with E-state index in [-0.39, 0.29) is 11.9 Å². The van der Waals surface area contributed by atoms with Gasteiger partial charge < -0.3 is 19.9 Å². The molecule has 1 aliphatic heterocycles. The molecule has 0 aromatic heterocycles. The zero-order valence-corrected chi connectivity index (χ0v) is 15.9. The fourth-order valence-electron chi connectivity index (χ4n) is 3.17. The van der Waals surface area contributed by atoms with Crippen molar-refractivity contribution >= 4 is 28.9 Å². The Kier molecular flexibility index (Phi) is 5.89. The molecule has 1 heterocycles. The number of ether oxygens (including phenoxy) is 1. The molecule has 26 heavy (non-hydrogen) atoms. The summed E-state index contributed by atoms with van der Waals surface area (Å²) in [6, 6.07) is 15.4. The van der Waals surface area contributed by atoms with Crippen molar-refractivity contribution < 1.29 is 9.53 Å². The molecule has 6 heteroatoms. The Morgan fingerprint density at radius 2 is 1.81 bits per heavy atom. The molecule has 0 aliphatic carbocycles. The summed E-state index contributed by atoms with van der Waals surface area (Å²) in [5.74, 6) is 0.720. The number of halogens is 1. The molecule has 1 fully saturated rings. The molecule has 1 atom stereocenters. The lowest BCUT2D eigenvalue weighted by atomic mass is 10.2. The highest BCUT2D eigenvalue weighted by atomic mass is 35.5. The molecule has 1 aliphatic rings. The first kappa shape index (κ1) is 18.4. The second-order valence-electron chi connectivity index (χ2n) is 6.36. The smallest absolute Gasteiger partial charge is 0.244 e. The average Bonchev–Trinajstić information content (AvgIpc) is 2.68. The van der Waals surface area contributed by atoms with Crippen LogP contribution in [-0.4, -0.2) is 50.1 Å². The normalized spacial score (nSPS) is 15.5. The minimum atomic E-state index is -0.317. The van der Waals surface area contributed by atoms with Crippen LogP contribution in [0.25, 0.3) is 0 Å². The van der Waals surface area contributed by atoms with Crippen LogP contribution in [0.4, 0.5) is 11.4 Å². The average molecular weight is 374 g/mol. The topological polar surface area (TPSA) is 44.8 Å². The van der Waals surface area contributed by atoms with Crippen LogP contribution in [-0.2, 0) is 4.79 Å². The summed E-state index contributed by atoms with van der Waals surface area (Å²) in [6.45, 7) is 5.02. The first-order chi connectivity index (χ1) is 12.6. The van der Waals surface area contributed by atoms with Gasteiger partial charge in [0.25, 0.3) is 0 Å². The van der Waals surface area contributed by atoms with Crippen molar-refractivity contribution in [3.8, 4) is 5.75 Å². The number of hydrogen-bond acceptors (Lipinski definition) is 4. The van der Waals surface area contributed by atoms with Crippen molar-refractivity contribution in [1.29, 1.82) is 0 Å². The van der Waals surface area contributed by atoms with E-state index >= 15 is 0 Å². The summed E-state index contributed by atoms with van der Waals surface area (Å²) in [6.07, 6.45) is 0. The zero-order valence-electron chi connectivity index (χ0n) is 15.1. The summed E-state index contributed by atoms with van der Waals surface area (Å²) in [5, 5.41) is 3.75. The highest BCUT2D eigenvalue weighted by Gasteiger charge is 2.25. The number of piperazine rings is 1. The Morgan fingerprint density at radius 1 is 1.12 bits per heavy atom. The first-order valence-electron chi connectivity index (χ1n) is 8.77. The zero-order chi connectivity index (χ0) is 18.5. The maximum absolute atomic E-state index is 12.7. The Bertz CT molecular complexity index is 746. The molecule has 1 unspecified atom stereocenters. The Hall–Kier alpha value is -2.40. The number of para-hydroxylation sites is 1. The fraction of sp³-hybridized carbons (Fsp3) is 0.350. The van der Waals surface area contributed by atoms with Crippen molar-refractivity contribution in [2.24, 2.45) is 0 Å². The number of carbonyl (C=O) groups is 1. The molecule has 2 aromatic carbocycles. The number of rotatable bonds is 5. The lowest BCUT2D eigenvalue weighted by Crippen LogP contribution is -2.52. The Morgan fingerprint density at radius 3 is 2.42 bits per heavy atom. The van der Waals surface area contributed by atoms with E-state index in [1.807, 2.05) is 36.1 Å². The second kappa shape index (κ2) is 8.32. The molecule has 0 radical (unpaired) electrons. The fourth-order valence-corrected chi connectivity index (χ4v) is 3.42. The quantitative estimate of drug-likeness (QED) is 0.871. The van der Waals surface area contributed by atoms with Gasteiger partial charge in [0, 0.05) is 37.6 Å². The summed E-state index contributed by atoms with van der Waals surface area (Å²) >= 11 is 6.15. The molecule has 0 saturated carbocycles. The minimum absolute atomic E-state index is 0.102. The van der Waals surface area contributed by atoms with Crippen LogP contribution >= 0.6 is 11.6 Å². The van der Waals surface area contributed by atoms with Crippen LogP contribution in [0.2, 0.25) is 5.02 Å². The maximum Gasteiger partial charge on any atom is 0.244 e. The third-order valence-electron chi connectivity index (χ3n) is 4.62. The van der Waals surface area contributed by atoms with E-state index in [9.17, 15) is 4.79 Å². The number of carbonyl (C=O) groups excluding carboxylic acids is 1. The van der Waals surface area contributed by atoms with Crippen molar-refractivity contribution in [1.82, 2.24) is 4.90 Å². The van der Waals surface area contributed by atoms with Gasteiger partial charge in [0.15, 0.2) is 0 Å². The summed E-state index contributed by atoms with van der Waals surface area (Å²) in [4.78, 5) is 17.0. The molecule has 5 nitrogen and oxygen atoms in total. The predicted octanol–water partition coefficient (Wildman–Crippen LogP) is 3.50. The Balaban J connectivity index is 1.55. The SMILES string of the molecule is COc1ccc(NC(C)C(=O)N2CCN(c3ccccc3)CC2)cc1Cl. The number of benzene rings is 2. The largest absolute Gasteiger partial charge is 0.495 e. The van der Waals surface area contributed by atoms with Gasteiger partial charge in [0.05, 0.1) is 12.1 Å². The molecule has 0 bridgehead atoms. The van der Waals surface area contributed by atoms with Gasteiger partial charge in [0.2, 0.25) is 5.91 Å².